The van der Waals surface area contributed by atoms with E-state index in [2.05, 4.69) is 10.4 Å². The van der Waals surface area contributed by atoms with E-state index in [9.17, 15) is 9.18 Å². The molecule has 0 aliphatic carbocycles. The van der Waals surface area contributed by atoms with Crippen molar-refractivity contribution in [2.45, 2.75) is 20.8 Å². The van der Waals surface area contributed by atoms with Crippen molar-refractivity contribution in [1.29, 1.82) is 0 Å². The number of hydrogen-bond acceptors (Lipinski definition) is 2. The van der Waals surface area contributed by atoms with E-state index in [1.807, 2.05) is 20.8 Å². The van der Waals surface area contributed by atoms with Crippen LogP contribution < -0.4 is 5.32 Å². The summed E-state index contributed by atoms with van der Waals surface area (Å²) >= 11 is 0. The maximum atomic E-state index is 14.0. The van der Waals surface area contributed by atoms with Gasteiger partial charge in [0.15, 0.2) is 5.69 Å². The van der Waals surface area contributed by atoms with E-state index < -0.39 is 0 Å². The number of hydrogen-bond donors (Lipinski definition) is 1. The van der Waals surface area contributed by atoms with Crippen molar-refractivity contribution in [2.75, 3.05) is 6.54 Å². The molecular formula is C16H20FN3O. The third kappa shape index (κ3) is 3.48. The number of rotatable bonds is 4. The summed E-state index contributed by atoms with van der Waals surface area (Å²) < 4.78 is 15.5. The van der Waals surface area contributed by atoms with Gasteiger partial charge in [-0.05, 0) is 31.0 Å². The molecule has 5 heteroatoms. The number of nitrogens with one attached hydrogen (secondary N) is 1. The normalized spacial score (nSPS) is 11.0. The lowest BCUT2D eigenvalue weighted by molar-refractivity contribution is 0.0943. The molecule has 1 aromatic carbocycles. The van der Waals surface area contributed by atoms with Crippen LogP contribution in [0.15, 0.2) is 24.3 Å². The number of carbonyl (C=O) groups is 1. The van der Waals surface area contributed by atoms with Crippen LogP contribution in [0.2, 0.25) is 0 Å². The van der Waals surface area contributed by atoms with Crippen LogP contribution in [0.25, 0.3) is 11.3 Å². The molecule has 2 aromatic rings. The Labute approximate surface area is 124 Å². The number of amides is 1. The Morgan fingerprint density at radius 1 is 1.38 bits per heavy atom. The van der Waals surface area contributed by atoms with Gasteiger partial charge in [0.2, 0.25) is 0 Å². The zero-order chi connectivity index (χ0) is 15.6. The van der Waals surface area contributed by atoms with Crippen LogP contribution in [0.5, 0.6) is 0 Å². The van der Waals surface area contributed by atoms with Crippen molar-refractivity contribution in [3.63, 3.8) is 0 Å². The van der Waals surface area contributed by atoms with Crippen LogP contribution in [0.1, 0.15) is 29.9 Å². The molecule has 0 saturated carbocycles. The highest BCUT2D eigenvalue weighted by Crippen LogP contribution is 2.24. The molecule has 0 aliphatic heterocycles. The molecule has 0 radical (unpaired) electrons. The van der Waals surface area contributed by atoms with Gasteiger partial charge in [-0.3, -0.25) is 9.48 Å². The van der Waals surface area contributed by atoms with Crippen LogP contribution >= 0.6 is 0 Å². The predicted octanol–water partition coefficient (Wildman–Crippen LogP) is 2.92. The average Bonchev–Trinajstić information content (AvgIpc) is 2.81. The number of aromatic nitrogens is 2. The third-order valence-corrected chi connectivity index (χ3v) is 3.18. The third-order valence-electron chi connectivity index (χ3n) is 3.18. The molecule has 0 unspecified atom stereocenters. The topological polar surface area (TPSA) is 46.9 Å². The summed E-state index contributed by atoms with van der Waals surface area (Å²) in [4.78, 5) is 12.0. The molecule has 2 rings (SSSR count). The average molecular weight is 289 g/mol. The molecule has 0 atom stereocenters. The summed E-state index contributed by atoms with van der Waals surface area (Å²) in [6.07, 6.45) is 0. The van der Waals surface area contributed by atoms with Crippen molar-refractivity contribution in [1.82, 2.24) is 15.1 Å². The molecule has 1 aromatic heterocycles. The quantitative estimate of drug-likeness (QED) is 0.940. The van der Waals surface area contributed by atoms with E-state index >= 15 is 0 Å². The van der Waals surface area contributed by atoms with Crippen LogP contribution in [0, 0.1) is 18.7 Å². The van der Waals surface area contributed by atoms with E-state index in [-0.39, 0.29) is 11.7 Å². The fourth-order valence-corrected chi connectivity index (χ4v) is 2.05. The van der Waals surface area contributed by atoms with Gasteiger partial charge in [-0.25, -0.2) is 4.39 Å². The van der Waals surface area contributed by atoms with Crippen LogP contribution in [-0.4, -0.2) is 22.2 Å². The second kappa shape index (κ2) is 6.08. The standard InChI is InChI=1S/C16H20FN3O/c1-10(2)9-18-16(21)14-8-15(20(4)19-14)12-7-11(3)5-6-13(12)17/h5-8,10H,9H2,1-4H3,(H,18,21). The minimum absolute atomic E-state index is 0.237. The maximum Gasteiger partial charge on any atom is 0.271 e. The van der Waals surface area contributed by atoms with Gasteiger partial charge in [0.25, 0.3) is 5.91 Å². The Bertz CT molecular complexity index is 662. The molecule has 0 fully saturated rings. The van der Waals surface area contributed by atoms with Crippen LogP contribution in [-0.2, 0) is 7.05 Å². The van der Waals surface area contributed by atoms with Gasteiger partial charge in [0, 0.05) is 19.2 Å². The molecule has 1 N–H and O–H groups in total. The molecule has 0 saturated heterocycles. The SMILES string of the molecule is Cc1ccc(F)c(-c2cc(C(=O)NCC(C)C)nn2C)c1. The van der Waals surface area contributed by atoms with Gasteiger partial charge >= 0.3 is 0 Å². The second-order valence-electron chi connectivity index (χ2n) is 5.63. The minimum Gasteiger partial charge on any atom is -0.350 e. The maximum absolute atomic E-state index is 14.0. The van der Waals surface area contributed by atoms with Gasteiger partial charge in [-0.1, -0.05) is 25.5 Å². The number of halogens is 1. The minimum atomic E-state index is -0.322. The molecule has 21 heavy (non-hydrogen) atoms. The first-order chi connectivity index (χ1) is 9.88. The lowest BCUT2D eigenvalue weighted by Crippen LogP contribution is -2.27. The Balaban J connectivity index is 2.31. The zero-order valence-corrected chi connectivity index (χ0v) is 12.8. The lowest BCUT2D eigenvalue weighted by Gasteiger charge is -2.04. The molecule has 0 bridgehead atoms. The summed E-state index contributed by atoms with van der Waals surface area (Å²) in [6, 6.07) is 6.51. The van der Waals surface area contributed by atoms with Gasteiger partial charge < -0.3 is 5.32 Å². The van der Waals surface area contributed by atoms with Gasteiger partial charge in [-0.2, -0.15) is 5.10 Å². The van der Waals surface area contributed by atoms with Crippen molar-refractivity contribution in [3.8, 4) is 11.3 Å². The highest BCUT2D eigenvalue weighted by atomic mass is 19.1. The summed E-state index contributed by atoms with van der Waals surface area (Å²) in [5.74, 6) is -0.192. The Morgan fingerprint density at radius 2 is 2.10 bits per heavy atom. The van der Waals surface area contributed by atoms with E-state index in [0.29, 0.717) is 29.4 Å². The largest absolute Gasteiger partial charge is 0.350 e. The van der Waals surface area contributed by atoms with Gasteiger partial charge in [0.05, 0.1) is 5.69 Å². The fraction of sp³-hybridized carbons (Fsp3) is 0.375. The number of benzene rings is 1. The molecule has 112 valence electrons. The van der Waals surface area contributed by atoms with Crippen molar-refractivity contribution in [2.24, 2.45) is 13.0 Å². The monoisotopic (exact) mass is 289 g/mol. The summed E-state index contributed by atoms with van der Waals surface area (Å²) in [7, 11) is 1.70. The van der Waals surface area contributed by atoms with E-state index in [1.165, 1.54) is 10.7 Å². The molecule has 1 heterocycles. The smallest absolute Gasteiger partial charge is 0.271 e. The van der Waals surface area contributed by atoms with E-state index in [1.54, 1.807) is 25.2 Å². The first-order valence-electron chi connectivity index (χ1n) is 6.97. The van der Waals surface area contributed by atoms with Crippen molar-refractivity contribution >= 4 is 5.91 Å². The van der Waals surface area contributed by atoms with E-state index in [0.717, 1.165) is 5.56 Å². The van der Waals surface area contributed by atoms with Crippen LogP contribution in [0.4, 0.5) is 4.39 Å². The fourth-order valence-electron chi connectivity index (χ4n) is 2.05. The van der Waals surface area contributed by atoms with Crippen molar-refractivity contribution < 1.29 is 9.18 Å². The van der Waals surface area contributed by atoms with Gasteiger partial charge in [-0.15, -0.1) is 0 Å². The summed E-state index contributed by atoms with van der Waals surface area (Å²) in [5, 5.41) is 6.98. The molecule has 0 spiro atoms. The number of carbonyl (C=O) groups excluding carboxylic acids is 1. The number of nitrogens with zero attached hydrogens (tertiary/aromatic N) is 2. The van der Waals surface area contributed by atoms with Crippen molar-refractivity contribution in [3.05, 3.63) is 41.3 Å². The molecule has 1 amide bonds. The highest BCUT2D eigenvalue weighted by Gasteiger charge is 2.16. The summed E-state index contributed by atoms with van der Waals surface area (Å²) in [5.41, 5.74) is 2.30. The Hall–Kier alpha value is -2.17. The van der Waals surface area contributed by atoms with Gasteiger partial charge in [0.1, 0.15) is 5.82 Å². The number of aryl methyl sites for hydroxylation is 2. The predicted molar refractivity (Wildman–Crippen MR) is 80.5 cm³/mol. The molecular weight excluding hydrogens is 269 g/mol. The second-order valence-corrected chi connectivity index (χ2v) is 5.63. The first kappa shape index (κ1) is 15.2. The molecule has 0 aliphatic rings. The van der Waals surface area contributed by atoms with Crippen LogP contribution in [0.3, 0.4) is 0 Å². The zero-order valence-electron chi connectivity index (χ0n) is 12.8. The first-order valence-corrected chi connectivity index (χ1v) is 6.97. The molecule has 4 nitrogen and oxygen atoms in total. The van der Waals surface area contributed by atoms with E-state index in [4.69, 9.17) is 0 Å². The lowest BCUT2D eigenvalue weighted by atomic mass is 10.1. The Morgan fingerprint density at radius 3 is 2.76 bits per heavy atom. The summed E-state index contributed by atoms with van der Waals surface area (Å²) in [6.45, 7) is 6.53. The highest BCUT2D eigenvalue weighted by molar-refractivity contribution is 5.93. The Kier molecular flexibility index (Phi) is 4.40.